The van der Waals surface area contributed by atoms with Crippen LogP contribution in [0.2, 0.25) is 0 Å². The van der Waals surface area contributed by atoms with Gasteiger partial charge in [0.05, 0.1) is 34.9 Å². The smallest absolute Gasteiger partial charge is 0.341 e. The first kappa shape index (κ1) is 18.9. The lowest BCUT2D eigenvalue weighted by atomic mass is 10.2. The Kier molecular flexibility index (Phi) is 4.94. The van der Waals surface area contributed by atoms with Gasteiger partial charge in [0.25, 0.3) is 5.56 Å². The van der Waals surface area contributed by atoms with Crippen molar-refractivity contribution >= 4 is 50.2 Å². The van der Waals surface area contributed by atoms with Crippen molar-refractivity contribution < 1.29 is 9.53 Å². The number of carbonyl (C=O) groups excluding carboxylic acids is 1. The number of hydrogen-bond donors (Lipinski definition) is 1. The summed E-state index contributed by atoms with van der Waals surface area (Å²) in [4.78, 5) is 43.0. The molecule has 0 aliphatic carbocycles. The number of benzene rings is 1. The van der Waals surface area contributed by atoms with Crippen molar-refractivity contribution in [3.05, 3.63) is 62.8 Å². The molecule has 0 atom stereocenters. The summed E-state index contributed by atoms with van der Waals surface area (Å²) < 4.78 is 5.18. The van der Waals surface area contributed by atoms with E-state index in [1.165, 1.54) is 17.4 Å². The van der Waals surface area contributed by atoms with Gasteiger partial charge in [-0.15, -0.1) is 11.3 Å². The second-order valence-electron chi connectivity index (χ2n) is 6.44. The maximum atomic E-state index is 12.6. The van der Waals surface area contributed by atoms with Gasteiger partial charge in [0.15, 0.2) is 0 Å². The van der Waals surface area contributed by atoms with Crippen molar-refractivity contribution in [3.8, 4) is 0 Å². The number of ether oxygens (including phenoxy) is 1. The number of thiophene rings is 1. The average molecular weight is 406 g/mol. The van der Waals surface area contributed by atoms with Gasteiger partial charge in [0.1, 0.15) is 16.2 Å². The van der Waals surface area contributed by atoms with E-state index in [9.17, 15) is 9.59 Å². The Morgan fingerprint density at radius 1 is 1.21 bits per heavy atom. The molecule has 1 N–H and O–H groups in total. The number of aromatic nitrogens is 4. The van der Waals surface area contributed by atoms with Crippen molar-refractivity contribution in [1.29, 1.82) is 0 Å². The van der Waals surface area contributed by atoms with Gasteiger partial charge in [-0.05, 0) is 44.5 Å². The van der Waals surface area contributed by atoms with Crippen LogP contribution in [0.5, 0.6) is 0 Å². The first-order valence-electron chi connectivity index (χ1n) is 9.09. The Morgan fingerprint density at radius 3 is 2.72 bits per heavy atom. The quantitative estimate of drug-likeness (QED) is 0.410. The second kappa shape index (κ2) is 7.56. The van der Waals surface area contributed by atoms with Crippen LogP contribution in [0, 0.1) is 13.8 Å². The lowest BCUT2D eigenvalue weighted by Crippen LogP contribution is -2.16. The van der Waals surface area contributed by atoms with Crippen LogP contribution in [0.3, 0.4) is 0 Å². The van der Waals surface area contributed by atoms with Gasteiger partial charge in [-0.1, -0.05) is 12.1 Å². The highest BCUT2D eigenvalue weighted by atomic mass is 32.1. The third-order valence-electron chi connectivity index (χ3n) is 4.55. The van der Waals surface area contributed by atoms with Crippen molar-refractivity contribution in [2.45, 2.75) is 20.8 Å². The maximum Gasteiger partial charge on any atom is 0.341 e. The van der Waals surface area contributed by atoms with Gasteiger partial charge in [0, 0.05) is 4.88 Å². The molecule has 0 fully saturated rings. The Balaban J connectivity index is 1.89. The molecule has 0 saturated carbocycles. The Bertz CT molecular complexity index is 1340. The van der Waals surface area contributed by atoms with Crippen LogP contribution in [0.15, 0.2) is 35.3 Å². The standard InChI is InChI=1S/C21H18N4O3S/c1-4-28-21(27)14(9-13-10-22-15-7-5-6-8-16(15)23-13)18-24-19(26)17-11(2)12(3)29-20(17)25-18/h5-10H,4H2,1-3H3,(H,24,25,26)/b14-9-. The second-order valence-corrected chi connectivity index (χ2v) is 7.64. The van der Waals surface area contributed by atoms with E-state index in [0.717, 1.165) is 16.0 Å². The number of rotatable bonds is 4. The van der Waals surface area contributed by atoms with Gasteiger partial charge in [-0.3, -0.25) is 9.78 Å². The number of aromatic amines is 1. The Hall–Kier alpha value is -3.39. The van der Waals surface area contributed by atoms with Crippen molar-refractivity contribution in [1.82, 2.24) is 19.9 Å². The monoisotopic (exact) mass is 406 g/mol. The number of nitrogens with one attached hydrogen (secondary N) is 1. The molecule has 3 aromatic heterocycles. The molecule has 0 radical (unpaired) electrons. The molecule has 0 amide bonds. The van der Waals surface area contributed by atoms with E-state index in [1.54, 1.807) is 13.1 Å². The number of nitrogens with zero attached hydrogens (tertiary/aromatic N) is 3. The molecule has 0 spiro atoms. The summed E-state index contributed by atoms with van der Waals surface area (Å²) >= 11 is 1.42. The Labute approximate surface area is 170 Å². The molecule has 0 bridgehead atoms. The van der Waals surface area contributed by atoms with E-state index >= 15 is 0 Å². The van der Waals surface area contributed by atoms with E-state index in [1.807, 2.05) is 38.1 Å². The first-order valence-corrected chi connectivity index (χ1v) is 9.90. The van der Waals surface area contributed by atoms with Gasteiger partial charge >= 0.3 is 5.97 Å². The molecule has 29 heavy (non-hydrogen) atoms. The SMILES string of the molecule is CCOC(=O)/C(=C\c1cnc2ccccc2n1)c1nc2sc(C)c(C)c2c(=O)[nH]1. The number of aryl methyl sites for hydroxylation is 2. The summed E-state index contributed by atoms with van der Waals surface area (Å²) in [6.07, 6.45) is 3.10. The fourth-order valence-corrected chi connectivity index (χ4v) is 4.03. The van der Waals surface area contributed by atoms with Crippen LogP contribution < -0.4 is 5.56 Å². The lowest BCUT2D eigenvalue weighted by Gasteiger charge is -2.07. The van der Waals surface area contributed by atoms with E-state index in [-0.39, 0.29) is 23.6 Å². The fraction of sp³-hybridized carbons (Fsp3) is 0.190. The summed E-state index contributed by atoms with van der Waals surface area (Å²) in [5.41, 5.74) is 2.65. The van der Waals surface area contributed by atoms with Crippen molar-refractivity contribution in [2.24, 2.45) is 0 Å². The largest absolute Gasteiger partial charge is 0.462 e. The van der Waals surface area contributed by atoms with Gasteiger partial charge in [-0.25, -0.2) is 14.8 Å². The van der Waals surface area contributed by atoms with Crippen LogP contribution in [0.1, 0.15) is 28.9 Å². The van der Waals surface area contributed by atoms with E-state index in [4.69, 9.17) is 4.74 Å². The van der Waals surface area contributed by atoms with Crippen LogP contribution in [0.25, 0.3) is 32.9 Å². The molecule has 0 aliphatic rings. The summed E-state index contributed by atoms with van der Waals surface area (Å²) in [5.74, 6) is -0.438. The summed E-state index contributed by atoms with van der Waals surface area (Å²) in [6, 6.07) is 7.44. The number of H-pyrrole nitrogens is 1. The zero-order valence-electron chi connectivity index (χ0n) is 16.1. The highest BCUT2D eigenvalue weighted by Crippen LogP contribution is 2.27. The van der Waals surface area contributed by atoms with Gasteiger partial charge in [-0.2, -0.15) is 0 Å². The number of fused-ring (bicyclic) bond motifs is 2. The van der Waals surface area contributed by atoms with Gasteiger partial charge < -0.3 is 9.72 Å². The van der Waals surface area contributed by atoms with E-state index < -0.39 is 5.97 Å². The number of carbonyl (C=O) groups is 1. The molecular formula is C21H18N4O3S. The normalized spacial score (nSPS) is 11.9. The predicted octanol–water partition coefficient (Wildman–Crippen LogP) is 3.65. The minimum absolute atomic E-state index is 0.124. The molecular weight excluding hydrogens is 388 g/mol. The molecule has 0 aliphatic heterocycles. The molecule has 1 aromatic carbocycles. The van der Waals surface area contributed by atoms with E-state index in [0.29, 0.717) is 21.4 Å². The summed E-state index contributed by atoms with van der Waals surface area (Å²) in [6.45, 7) is 5.74. The lowest BCUT2D eigenvalue weighted by molar-refractivity contribution is -0.136. The Morgan fingerprint density at radius 2 is 1.97 bits per heavy atom. The molecule has 4 aromatic rings. The molecule has 7 nitrogen and oxygen atoms in total. The number of para-hydroxylation sites is 2. The molecule has 0 unspecified atom stereocenters. The zero-order chi connectivity index (χ0) is 20.5. The van der Waals surface area contributed by atoms with Crippen molar-refractivity contribution in [2.75, 3.05) is 6.61 Å². The van der Waals surface area contributed by atoms with Crippen molar-refractivity contribution in [3.63, 3.8) is 0 Å². The molecule has 3 heterocycles. The van der Waals surface area contributed by atoms with Crippen LogP contribution in [0.4, 0.5) is 0 Å². The predicted molar refractivity (Wildman–Crippen MR) is 114 cm³/mol. The maximum absolute atomic E-state index is 12.6. The summed E-state index contributed by atoms with van der Waals surface area (Å²) in [5, 5.41) is 0.546. The topological polar surface area (TPSA) is 97.8 Å². The summed E-state index contributed by atoms with van der Waals surface area (Å²) in [7, 11) is 0. The van der Waals surface area contributed by atoms with Crippen LogP contribution >= 0.6 is 11.3 Å². The highest BCUT2D eigenvalue weighted by Gasteiger charge is 2.20. The molecule has 146 valence electrons. The number of hydrogen-bond acceptors (Lipinski definition) is 7. The van der Waals surface area contributed by atoms with E-state index in [2.05, 4.69) is 19.9 Å². The molecule has 8 heteroatoms. The molecule has 4 rings (SSSR count). The number of esters is 1. The fourth-order valence-electron chi connectivity index (χ4n) is 3.00. The molecule has 0 saturated heterocycles. The van der Waals surface area contributed by atoms with Crippen LogP contribution in [-0.2, 0) is 9.53 Å². The minimum Gasteiger partial charge on any atom is -0.462 e. The highest BCUT2D eigenvalue weighted by molar-refractivity contribution is 7.18. The third-order valence-corrected chi connectivity index (χ3v) is 5.65. The average Bonchev–Trinajstić information content (AvgIpc) is 3.00. The van der Waals surface area contributed by atoms with Gasteiger partial charge in [0.2, 0.25) is 0 Å². The van der Waals surface area contributed by atoms with Crippen LogP contribution in [-0.4, -0.2) is 32.5 Å². The third kappa shape index (κ3) is 3.54. The first-order chi connectivity index (χ1) is 14.0. The minimum atomic E-state index is -0.588. The zero-order valence-corrected chi connectivity index (χ0v) is 17.0.